The van der Waals surface area contributed by atoms with Gasteiger partial charge in [-0.1, -0.05) is 30.0 Å². The first kappa shape index (κ1) is 17.1. The van der Waals surface area contributed by atoms with Gasteiger partial charge in [-0.3, -0.25) is 4.79 Å². The predicted molar refractivity (Wildman–Crippen MR) is 94.3 cm³/mol. The summed E-state index contributed by atoms with van der Waals surface area (Å²) in [6.07, 6.45) is 1.59. The number of furan rings is 1. The molecule has 0 bridgehead atoms. The molecule has 1 N–H and O–H groups in total. The van der Waals surface area contributed by atoms with Crippen LogP contribution in [0.4, 0.5) is 0 Å². The van der Waals surface area contributed by atoms with Gasteiger partial charge in [-0.25, -0.2) is 0 Å². The van der Waals surface area contributed by atoms with Crippen LogP contribution in [0.15, 0.2) is 52.2 Å². The largest absolute Gasteiger partial charge is 0.496 e. The third-order valence-corrected chi connectivity index (χ3v) is 4.60. The van der Waals surface area contributed by atoms with Crippen molar-refractivity contribution >= 4 is 17.7 Å². The molecule has 130 valence electrons. The number of aromatic nitrogens is 3. The maximum Gasteiger partial charge on any atom is 0.230 e. The van der Waals surface area contributed by atoms with E-state index in [4.69, 9.17) is 9.15 Å². The molecule has 3 rings (SSSR count). The molecule has 8 heteroatoms. The van der Waals surface area contributed by atoms with Crippen molar-refractivity contribution in [3.8, 4) is 17.3 Å². The van der Waals surface area contributed by atoms with Gasteiger partial charge in [0.1, 0.15) is 5.75 Å². The number of hydrogen-bond donors (Lipinski definition) is 1. The second-order valence-electron chi connectivity index (χ2n) is 5.22. The van der Waals surface area contributed by atoms with Gasteiger partial charge in [0.15, 0.2) is 16.7 Å². The van der Waals surface area contributed by atoms with Crippen LogP contribution in [0.1, 0.15) is 5.56 Å². The third-order valence-electron chi connectivity index (χ3n) is 3.58. The van der Waals surface area contributed by atoms with Crippen LogP contribution in [-0.4, -0.2) is 33.5 Å². The lowest BCUT2D eigenvalue weighted by molar-refractivity contribution is -0.118. The minimum absolute atomic E-state index is 0.0848. The number of carbonyl (C=O) groups excluding carboxylic acids is 1. The van der Waals surface area contributed by atoms with Gasteiger partial charge in [-0.15, -0.1) is 10.2 Å². The number of hydrogen-bond acceptors (Lipinski definition) is 6. The summed E-state index contributed by atoms with van der Waals surface area (Å²) in [7, 11) is 3.45. The van der Waals surface area contributed by atoms with Gasteiger partial charge >= 0.3 is 0 Å². The summed E-state index contributed by atoms with van der Waals surface area (Å²) in [5.74, 6) is 2.19. The van der Waals surface area contributed by atoms with Crippen LogP contribution in [-0.2, 0) is 18.4 Å². The number of methoxy groups -OCH3 is 1. The molecule has 2 aromatic heterocycles. The summed E-state index contributed by atoms with van der Waals surface area (Å²) in [5.41, 5.74) is 0.933. The highest BCUT2D eigenvalue weighted by Gasteiger charge is 2.14. The minimum Gasteiger partial charge on any atom is -0.496 e. The molecular formula is C17H18N4O3S. The summed E-state index contributed by atoms with van der Waals surface area (Å²) in [6, 6.07) is 11.2. The Hall–Kier alpha value is -2.74. The Labute approximate surface area is 149 Å². The van der Waals surface area contributed by atoms with Crippen molar-refractivity contribution < 1.29 is 13.9 Å². The molecular weight excluding hydrogens is 340 g/mol. The van der Waals surface area contributed by atoms with E-state index >= 15 is 0 Å². The second-order valence-corrected chi connectivity index (χ2v) is 6.16. The van der Waals surface area contributed by atoms with Crippen molar-refractivity contribution in [1.82, 2.24) is 20.1 Å². The molecule has 0 fully saturated rings. The van der Waals surface area contributed by atoms with E-state index in [1.165, 1.54) is 11.8 Å². The fourth-order valence-electron chi connectivity index (χ4n) is 2.28. The van der Waals surface area contributed by atoms with E-state index in [0.717, 1.165) is 11.3 Å². The van der Waals surface area contributed by atoms with Crippen molar-refractivity contribution in [2.45, 2.75) is 11.7 Å². The van der Waals surface area contributed by atoms with Gasteiger partial charge in [-0.2, -0.15) is 0 Å². The molecule has 0 saturated carbocycles. The number of benzene rings is 1. The zero-order chi connectivity index (χ0) is 17.6. The Morgan fingerprint density at radius 1 is 1.28 bits per heavy atom. The first-order valence-electron chi connectivity index (χ1n) is 7.63. The van der Waals surface area contributed by atoms with E-state index in [0.29, 0.717) is 23.3 Å². The van der Waals surface area contributed by atoms with Gasteiger partial charge < -0.3 is 19.0 Å². The lowest BCUT2D eigenvalue weighted by atomic mass is 10.2. The fourth-order valence-corrected chi connectivity index (χ4v) is 3.03. The average Bonchev–Trinajstić information content (AvgIpc) is 3.28. The number of rotatable bonds is 7. The Kier molecular flexibility index (Phi) is 5.39. The first-order valence-corrected chi connectivity index (χ1v) is 8.62. The Morgan fingerprint density at radius 2 is 2.12 bits per heavy atom. The Balaban J connectivity index is 1.54. The van der Waals surface area contributed by atoms with E-state index in [1.54, 1.807) is 24.0 Å². The van der Waals surface area contributed by atoms with Crippen LogP contribution in [0.25, 0.3) is 11.6 Å². The van der Waals surface area contributed by atoms with E-state index in [9.17, 15) is 4.79 Å². The summed E-state index contributed by atoms with van der Waals surface area (Å²) >= 11 is 1.32. The number of para-hydroxylation sites is 1. The molecule has 0 radical (unpaired) electrons. The smallest absolute Gasteiger partial charge is 0.230 e. The molecule has 0 saturated heterocycles. The van der Waals surface area contributed by atoms with E-state index in [-0.39, 0.29) is 11.7 Å². The molecule has 0 aliphatic carbocycles. The Bertz CT molecular complexity index is 845. The van der Waals surface area contributed by atoms with E-state index < -0.39 is 0 Å². The monoisotopic (exact) mass is 358 g/mol. The molecule has 2 heterocycles. The summed E-state index contributed by atoms with van der Waals surface area (Å²) in [6.45, 7) is 0.417. The zero-order valence-corrected chi connectivity index (χ0v) is 14.7. The highest BCUT2D eigenvalue weighted by atomic mass is 32.2. The van der Waals surface area contributed by atoms with E-state index in [2.05, 4.69) is 15.5 Å². The molecule has 1 aromatic carbocycles. The van der Waals surface area contributed by atoms with Gasteiger partial charge in [0.2, 0.25) is 5.91 Å². The molecule has 0 unspecified atom stereocenters. The first-order chi connectivity index (χ1) is 12.2. The van der Waals surface area contributed by atoms with Crippen molar-refractivity contribution in [2.24, 2.45) is 7.05 Å². The molecule has 0 atom stereocenters. The quantitative estimate of drug-likeness (QED) is 0.654. The van der Waals surface area contributed by atoms with Gasteiger partial charge in [0.05, 0.1) is 19.1 Å². The van der Waals surface area contributed by atoms with Crippen molar-refractivity contribution in [3.05, 3.63) is 48.2 Å². The maximum absolute atomic E-state index is 12.1. The SMILES string of the molecule is COc1ccccc1CNC(=O)CSc1nnc(-c2ccco2)n1C. The van der Waals surface area contributed by atoms with Gasteiger partial charge in [-0.05, 0) is 18.2 Å². The van der Waals surface area contributed by atoms with Crippen LogP contribution < -0.4 is 10.1 Å². The molecule has 0 spiro atoms. The topological polar surface area (TPSA) is 82.2 Å². The van der Waals surface area contributed by atoms with Crippen LogP contribution in [0.5, 0.6) is 5.75 Å². The van der Waals surface area contributed by atoms with Crippen LogP contribution in [0.2, 0.25) is 0 Å². The van der Waals surface area contributed by atoms with Crippen LogP contribution in [0, 0.1) is 0 Å². The van der Waals surface area contributed by atoms with Crippen molar-refractivity contribution in [2.75, 3.05) is 12.9 Å². The van der Waals surface area contributed by atoms with Gasteiger partial charge in [0.25, 0.3) is 0 Å². The number of amides is 1. The minimum atomic E-state index is -0.0848. The molecule has 7 nitrogen and oxygen atoms in total. The molecule has 25 heavy (non-hydrogen) atoms. The molecule has 0 aliphatic heterocycles. The molecule has 3 aromatic rings. The lowest BCUT2D eigenvalue weighted by Gasteiger charge is -2.09. The number of ether oxygens (including phenoxy) is 1. The van der Waals surface area contributed by atoms with Crippen molar-refractivity contribution in [1.29, 1.82) is 0 Å². The average molecular weight is 358 g/mol. The van der Waals surface area contributed by atoms with Crippen molar-refractivity contribution in [3.63, 3.8) is 0 Å². The molecule has 0 aliphatic rings. The lowest BCUT2D eigenvalue weighted by Crippen LogP contribution is -2.25. The highest BCUT2D eigenvalue weighted by molar-refractivity contribution is 7.99. The summed E-state index contributed by atoms with van der Waals surface area (Å²) < 4.78 is 12.4. The number of nitrogens with one attached hydrogen (secondary N) is 1. The summed E-state index contributed by atoms with van der Waals surface area (Å²) in [5, 5.41) is 11.7. The normalized spacial score (nSPS) is 10.6. The second kappa shape index (κ2) is 7.89. The molecule has 1 amide bonds. The zero-order valence-electron chi connectivity index (χ0n) is 13.9. The number of carbonyl (C=O) groups is 1. The number of thioether (sulfide) groups is 1. The third kappa shape index (κ3) is 4.03. The van der Waals surface area contributed by atoms with Crippen LogP contribution >= 0.6 is 11.8 Å². The standard InChI is InChI=1S/C17H18N4O3S/c1-21-16(14-8-5-9-24-14)19-20-17(21)25-11-15(22)18-10-12-6-3-4-7-13(12)23-2/h3-9H,10-11H2,1-2H3,(H,18,22). The predicted octanol–water partition coefficient (Wildman–Crippen LogP) is 2.49. The fraction of sp³-hybridized carbons (Fsp3) is 0.235. The Morgan fingerprint density at radius 3 is 2.88 bits per heavy atom. The maximum atomic E-state index is 12.1. The highest BCUT2D eigenvalue weighted by Crippen LogP contribution is 2.22. The van der Waals surface area contributed by atoms with Crippen LogP contribution in [0.3, 0.4) is 0 Å². The number of nitrogens with zero attached hydrogens (tertiary/aromatic N) is 3. The van der Waals surface area contributed by atoms with E-state index in [1.807, 2.05) is 37.4 Å². The van der Waals surface area contributed by atoms with Gasteiger partial charge in [0, 0.05) is 19.2 Å². The summed E-state index contributed by atoms with van der Waals surface area (Å²) in [4.78, 5) is 12.1.